The van der Waals surface area contributed by atoms with E-state index in [9.17, 15) is 4.39 Å². The Morgan fingerprint density at radius 1 is 1.35 bits per heavy atom. The van der Waals surface area contributed by atoms with Crippen LogP contribution in [0.2, 0.25) is 5.02 Å². The van der Waals surface area contributed by atoms with Crippen LogP contribution in [-0.4, -0.2) is 5.54 Å². The molecule has 1 saturated carbocycles. The van der Waals surface area contributed by atoms with Crippen LogP contribution in [0.25, 0.3) is 0 Å². The van der Waals surface area contributed by atoms with E-state index >= 15 is 0 Å². The molecule has 0 amide bonds. The van der Waals surface area contributed by atoms with Gasteiger partial charge >= 0.3 is 0 Å². The van der Waals surface area contributed by atoms with Gasteiger partial charge in [0, 0.05) is 10.6 Å². The zero-order valence-corrected chi connectivity index (χ0v) is 13.1. The van der Waals surface area contributed by atoms with Crippen molar-refractivity contribution in [1.29, 1.82) is 0 Å². The molecule has 2 N–H and O–H groups in total. The number of nitrogens with two attached hydrogens (primary N) is 1. The van der Waals surface area contributed by atoms with Gasteiger partial charge in [0.1, 0.15) is 5.82 Å². The maximum Gasteiger partial charge on any atom is 0.126 e. The number of hydrogen-bond acceptors (Lipinski definition) is 1. The average Bonchev–Trinajstić information content (AvgIpc) is 2.42. The van der Waals surface area contributed by atoms with Gasteiger partial charge in [-0.1, -0.05) is 37.8 Å². The Hall–Kier alpha value is -0.600. The molecule has 20 heavy (non-hydrogen) atoms. The van der Waals surface area contributed by atoms with Gasteiger partial charge in [-0.05, 0) is 61.8 Å². The van der Waals surface area contributed by atoms with E-state index < -0.39 is 0 Å². The van der Waals surface area contributed by atoms with E-state index in [1.807, 2.05) is 0 Å². The van der Waals surface area contributed by atoms with Crippen molar-refractivity contribution in [3.63, 3.8) is 0 Å². The van der Waals surface area contributed by atoms with Gasteiger partial charge in [-0.3, -0.25) is 0 Å². The summed E-state index contributed by atoms with van der Waals surface area (Å²) >= 11 is 5.95. The van der Waals surface area contributed by atoms with Crippen molar-refractivity contribution in [2.24, 2.45) is 11.7 Å². The first kappa shape index (κ1) is 15.8. The van der Waals surface area contributed by atoms with E-state index in [-0.39, 0.29) is 11.4 Å². The van der Waals surface area contributed by atoms with Crippen LogP contribution in [0.1, 0.15) is 57.4 Å². The van der Waals surface area contributed by atoms with Gasteiger partial charge in [0.15, 0.2) is 0 Å². The summed E-state index contributed by atoms with van der Waals surface area (Å²) in [5, 5.41) is 0.585. The van der Waals surface area contributed by atoms with Crippen LogP contribution < -0.4 is 5.73 Å². The SMILES string of the molecule is CCCCC1CCC(N)(Cc2cc(Cl)ccc2F)CC1. The summed E-state index contributed by atoms with van der Waals surface area (Å²) in [6.07, 6.45) is 8.83. The number of benzene rings is 1. The summed E-state index contributed by atoms with van der Waals surface area (Å²) in [5.41, 5.74) is 6.89. The van der Waals surface area contributed by atoms with Gasteiger partial charge in [-0.25, -0.2) is 4.39 Å². The molecule has 1 aromatic rings. The van der Waals surface area contributed by atoms with Crippen molar-refractivity contribution in [3.05, 3.63) is 34.6 Å². The number of hydrogen-bond donors (Lipinski definition) is 1. The molecule has 0 heterocycles. The standard InChI is InChI=1S/C17H25ClFN/c1-2-3-4-13-7-9-17(20,10-8-13)12-14-11-15(18)5-6-16(14)19/h5-6,11,13H,2-4,7-10,12,20H2,1H3. The second-order valence-electron chi connectivity index (χ2n) is 6.36. The zero-order valence-electron chi connectivity index (χ0n) is 12.3. The molecule has 0 aliphatic heterocycles. The van der Waals surface area contributed by atoms with Gasteiger partial charge in [-0.15, -0.1) is 0 Å². The monoisotopic (exact) mass is 297 g/mol. The lowest BCUT2D eigenvalue weighted by atomic mass is 9.73. The lowest BCUT2D eigenvalue weighted by Crippen LogP contribution is -2.45. The maximum atomic E-state index is 13.8. The van der Waals surface area contributed by atoms with Crippen LogP contribution >= 0.6 is 11.6 Å². The van der Waals surface area contributed by atoms with Crippen molar-refractivity contribution in [2.45, 2.75) is 63.8 Å². The minimum Gasteiger partial charge on any atom is -0.325 e. The second-order valence-corrected chi connectivity index (χ2v) is 6.80. The molecule has 0 atom stereocenters. The summed E-state index contributed by atoms with van der Waals surface area (Å²) in [6, 6.07) is 4.74. The molecule has 3 heteroatoms. The minimum atomic E-state index is -0.256. The van der Waals surface area contributed by atoms with Crippen molar-refractivity contribution in [1.82, 2.24) is 0 Å². The highest BCUT2D eigenvalue weighted by Gasteiger charge is 2.32. The van der Waals surface area contributed by atoms with Crippen molar-refractivity contribution < 1.29 is 4.39 Å². The fraction of sp³-hybridized carbons (Fsp3) is 0.647. The highest BCUT2D eigenvalue weighted by Crippen LogP contribution is 2.35. The van der Waals surface area contributed by atoms with Crippen molar-refractivity contribution in [2.75, 3.05) is 0 Å². The summed E-state index contributed by atoms with van der Waals surface area (Å²) in [6.45, 7) is 2.23. The fourth-order valence-electron chi connectivity index (χ4n) is 3.27. The van der Waals surface area contributed by atoms with Crippen molar-refractivity contribution >= 4 is 11.6 Å². The van der Waals surface area contributed by atoms with Crippen LogP contribution in [0.3, 0.4) is 0 Å². The lowest BCUT2D eigenvalue weighted by Gasteiger charge is -2.37. The van der Waals surface area contributed by atoms with E-state index in [1.54, 1.807) is 12.1 Å². The molecule has 0 bridgehead atoms. The van der Waals surface area contributed by atoms with E-state index in [2.05, 4.69) is 6.92 Å². The fourth-order valence-corrected chi connectivity index (χ4v) is 3.46. The largest absolute Gasteiger partial charge is 0.325 e. The summed E-state index contributed by atoms with van der Waals surface area (Å²) in [5.74, 6) is 0.628. The first-order chi connectivity index (χ1) is 9.52. The Kier molecular flexibility index (Phi) is 5.45. The Balaban J connectivity index is 1.94. The first-order valence-corrected chi connectivity index (χ1v) is 8.13. The highest BCUT2D eigenvalue weighted by atomic mass is 35.5. The van der Waals surface area contributed by atoms with E-state index in [4.69, 9.17) is 17.3 Å². The first-order valence-electron chi connectivity index (χ1n) is 7.75. The summed E-state index contributed by atoms with van der Waals surface area (Å²) in [4.78, 5) is 0. The molecule has 1 nitrogen and oxygen atoms in total. The van der Waals surface area contributed by atoms with Gasteiger partial charge < -0.3 is 5.73 Å². The topological polar surface area (TPSA) is 26.0 Å². The summed E-state index contributed by atoms with van der Waals surface area (Å²) in [7, 11) is 0. The van der Waals surface area contributed by atoms with Gasteiger partial charge in [0.25, 0.3) is 0 Å². The average molecular weight is 298 g/mol. The normalized spacial score (nSPS) is 26.7. The molecular formula is C17H25ClFN. The van der Waals surface area contributed by atoms with E-state index in [0.29, 0.717) is 17.0 Å². The number of rotatable bonds is 5. The second kappa shape index (κ2) is 6.91. The molecule has 2 rings (SSSR count). The number of unbranched alkanes of at least 4 members (excludes halogenated alkanes) is 1. The zero-order chi connectivity index (χ0) is 14.6. The predicted octanol–water partition coefficient (Wildman–Crippen LogP) is 5.10. The smallest absolute Gasteiger partial charge is 0.126 e. The number of halogens is 2. The summed E-state index contributed by atoms with van der Waals surface area (Å²) < 4.78 is 13.8. The third kappa shape index (κ3) is 4.20. The Labute approximate surface area is 126 Å². The predicted molar refractivity (Wildman–Crippen MR) is 83.5 cm³/mol. The van der Waals surface area contributed by atoms with E-state index in [1.165, 1.54) is 38.2 Å². The van der Waals surface area contributed by atoms with E-state index in [0.717, 1.165) is 18.8 Å². The minimum absolute atomic E-state index is 0.188. The molecule has 0 unspecified atom stereocenters. The highest BCUT2D eigenvalue weighted by molar-refractivity contribution is 6.30. The molecule has 1 aliphatic carbocycles. The quantitative estimate of drug-likeness (QED) is 0.804. The van der Waals surface area contributed by atoms with Gasteiger partial charge in [-0.2, -0.15) is 0 Å². The molecule has 0 spiro atoms. The Bertz CT molecular complexity index is 439. The van der Waals surface area contributed by atoms with Crippen LogP contribution in [0, 0.1) is 11.7 Å². The molecule has 0 saturated heterocycles. The molecule has 1 aromatic carbocycles. The molecule has 0 radical (unpaired) electrons. The molecule has 0 aromatic heterocycles. The Morgan fingerprint density at radius 2 is 2.05 bits per heavy atom. The van der Waals surface area contributed by atoms with Crippen LogP contribution in [0.5, 0.6) is 0 Å². The van der Waals surface area contributed by atoms with Crippen molar-refractivity contribution in [3.8, 4) is 0 Å². The Morgan fingerprint density at radius 3 is 2.70 bits per heavy atom. The third-order valence-corrected chi connectivity index (χ3v) is 4.85. The van der Waals surface area contributed by atoms with Crippen LogP contribution in [-0.2, 0) is 6.42 Å². The maximum absolute atomic E-state index is 13.8. The van der Waals surface area contributed by atoms with Gasteiger partial charge in [0.2, 0.25) is 0 Å². The molecule has 112 valence electrons. The molecular weight excluding hydrogens is 273 g/mol. The molecule has 1 aliphatic rings. The third-order valence-electron chi connectivity index (χ3n) is 4.62. The van der Waals surface area contributed by atoms with Crippen LogP contribution in [0.15, 0.2) is 18.2 Å². The van der Waals surface area contributed by atoms with Gasteiger partial charge in [0.05, 0.1) is 0 Å². The molecule has 1 fully saturated rings. The lowest BCUT2D eigenvalue weighted by molar-refractivity contribution is 0.220. The van der Waals surface area contributed by atoms with Crippen LogP contribution in [0.4, 0.5) is 4.39 Å².